The molecule has 6 heteroatoms. The molecule has 82 valence electrons. The van der Waals surface area contributed by atoms with Gasteiger partial charge in [0, 0.05) is 11.9 Å². The van der Waals surface area contributed by atoms with E-state index in [1.165, 1.54) is 16.6 Å². The van der Waals surface area contributed by atoms with Crippen molar-refractivity contribution < 1.29 is 9.90 Å². The average molecular weight is 261 g/mol. The highest BCUT2D eigenvalue weighted by Gasteiger charge is 2.08. The summed E-state index contributed by atoms with van der Waals surface area (Å²) in [7, 11) is 1.87. The van der Waals surface area contributed by atoms with Crippen molar-refractivity contribution in [1.82, 2.24) is 4.90 Å². The lowest BCUT2D eigenvalue weighted by molar-refractivity contribution is -0.133. The Labute approximate surface area is 102 Å². The zero-order chi connectivity index (χ0) is 11.3. The molecule has 0 aliphatic rings. The molecular weight excluding hydrogens is 250 g/mol. The first-order valence-corrected chi connectivity index (χ1v) is 6.49. The molecule has 15 heavy (non-hydrogen) atoms. The zero-order valence-corrected chi connectivity index (χ0v) is 10.6. The normalized spacial score (nSPS) is 9.93. The molecule has 0 fully saturated rings. The van der Waals surface area contributed by atoms with Crippen LogP contribution in [0.4, 0.5) is 0 Å². The molecule has 0 aliphatic carbocycles. The maximum atomic E-state index is 10.3. The van der Waals surface area contributed by atoms with Gasteiger partial charge in [0.2, 0.25) is 0 Å². The van der Waals surface area contributed by atoms with Gasteiger partial charge < -0.3 is 10.0 Å². The van der Waals surface area contributed by atoms with E-state index in [0.29, 0.717) is 4.32 Å². The van der Waals surface area contributed by atoms with Crippen LogP contribution < -0.4 is 0 Å². The summed E-state index contributed by atoms with van der Waals surface area (Å²) in [4.78, 5) is 13.4. The van der Waals surface area contributed by atoms with Crippen LogP contribution in [0.5, 0.6) is 0 Å². The molecule has 0 aliphatic heterocycles. The van der Waals surface area contributed by atoms with Gasteiger partial charge in [0.25, 0.3) is 0 Å². The number of thioether (sulfide) groups is 1. The average Bonchev–Trinajstić information content (AvgIpc) is 2.66. The summed E-state index contributed by atoms with van der Waals surface area (Å²) in [5, 5.41) is 10.5. The van der Waals surface area contributed by atoms with Gasteiger partial charge in [-0.05, 0) is 11.4 Å². The fourth-order valence-corrected chi connectivity index (χ4v) is 2.46. The first-order chi connectivity index (χ1) is 7.09. The summed E-state index contributed by atoms with van der Waals surface area (Å²) >= 11 is 7.94. The highest BCUT2D eigenvalue weighted by atomic mass is 32.2. The Bertz CT molecular complexity index is 337. The van der Waals surface area contributed by atoms with E-state index in [2.05, 4.69) is 0 Å². The van der Waals surface area contributed by atoms with Gasteiger partial charge in [0.1, 0.15) is 4.32 Å². The van der Waals surface area contributed by atoms with Gasteiger partial charge in [-0.2, -0.15) is 0 Å². The second kappa shape index (κ2) is 6.09. The zero-order valence-electron chi connectivity index (χ0n) is 8.17. The molecule has 0 unspecified atom stereocenters. The maximum Gasteiger partial charge on any atom is 0.313 e. The molecule has 0 spiro atoms. The number of hydrogen-bond donors (Lipinski definition) is 1. The highest BCUT2D eigenvalue weighted by molar-refractivity contribution is 8.23. The molecule has 1 aromatic rings. The van der Waals surface area contributed by atoms with Gasteiger partial charge >= 0.3 is 5.97 Å². The van der Waals surface area contributed by atoms with Crippen LogP contribution in [0.25, 0.3) is 0 Å². The number of thiophene rings is 1. The van der Waals surface area contributed by atoms with Crippen LogP contribution in [-0.4, -0.2) is 33.1 Å². The molecule has 0 saturated carbocycles. The van der Waals surface area contributed by atoms with Crippen molar-refractivity contribution in [2.75, 3.05) is 12.8 Å². The molecule has 0 atom stereocenters. The van der Waals surface area contributed by atoms with E-state index in [1.807, 2.05) is 29.5 Å². The largest absolute Gasteiger partial charge is 0.481 e. The number of rotatable bonds is 4. The molecule has 1 aromatic heterocycles. The molecule has 0 amide bonds. The van der Waals surface area contributed by atoms with Gasteiger partial charge in [0.05, 0.1) is 12.3 Å². The monoisotopic (exact) mass is 261 g/mol. The topological polar surface area (TPSA) is 40.5 Å². The SMILES string of the molecule is CN(Cc1cccs1)C(=S)SCC(=O)O. The van der Waals surface area contributed by atoms with Crippen molar-refractivity contribution in [2.24, 2.45) is 0 Å². The van der Waals surface area contributed by atoms with E-state index >= 15 is 0 Å². The standard InChI is InChI=1S/C9H11NO2S3/c1-10(5-7-3-2-4-14-7)9(13)15-6-8(11)12/h2-4H,5-6H2,1H3,(H,11,12). The third-order valence-electron chi connectivity index (χ3n) is 1.60. The summed E-state index contributed by atoms with van der Waals surface area (Å²) in [5.74, 6) is -0.819. The van der Waals surface area contributed by atoms with Crippen molar-refractivity contribution in [3.05, 3.63) is 22.4 Å². The summed E-state index contributed by atoms with van der Waals surface area (Å²) in [5.41, 5.74) is 0. The lowest BCUT2D eigenvalue weighted by atomic mass is 10.4. The van der Waals surface area contributed by atoms with Crippen molar-refractivity contribution >= 4 is 45.6 Å². The Morgan fingerprint density at radius 1 is 1.73 bits per heavy atom. The minimum absolute atomic E-state index is 0.0214. The van der Waals surface area contributed by atoms with Crippen LogP contribution in [0.15, 0.2) is 17.5 Å². The number of carboxylic acid groups (broad SMARTS) is 1. The minimum Gasteiger partial charge on any atom is -0.481 e. The van der Waals surface area contributed by atoms with Crippen molar-refractivity contribution in [3.63, 3.8) is 0 Å². The molecule has 3 nitrogen and oxygen atoms in total. The van der Waals surface area contributed by atoms with Crippen molar-refractivity contribution in [1.29, 1.82) is 0 Å². The number of nitrogens with zero attached hydrogens (tertiary/aromatic N) is 1. The Balaban J connectivity index is 2.36. The Morgan fingerprint density at radius 2 is 2.47 bits per heavy atom. The predicted molar refractivity (Wildman–Crippen MR) is 68.5 cm³/mol. The second-order valence-electron chi connectivity index (χ2n) is 2.88. The quantitative estimate of drug-likeness (QED) is 0.842. The van der Waals surface area contributed by atoms with E-state index in [-0.39, 0.29) is 5.75 Å². The Kier molecular flexibility index (Phi) is 5.07. The van der Waals surface area contributed by atoms with E-state index in [0.717, 1.165) is 6.54 Å². The van der Waals surface area contributed by atoms with Gasteiger partial charge in [-0.15, -0.1) is 11.3 Å². The number of aliphatic carboxylic acids is 1. The molecular formula is C9H11NO2S3. The predicted octanol–water partition coefficient (Wildman–Crippen LogP) is 2.28. The molecule has 1 rings (SSSR count). The van der Waals surface area contributed by atoms with Gasteiger partial charge in [-0.1, -0.05) is 30.0 Å². The number of hydrogen-bond acceptors (Lipinski definition) is 4. The van der Waals surface area contributed by atoms with E-state index in [4.69, 9.17) is 17.3 Å². The van der Waals surface area contributed by atoms with E-state index < -0.39 is 5.97 Å². The van der Waals surface area contributed by atoms with Crippen LogP contribution in [0.2, 0.25) is 0 Å². The number of carboxylic acids is 1. The lowest BCUT2D eigenvalue weighted by Crippen LogP contribution is -2.22. The first-order valence-electron chi connectivity index (χ1n) is 4.21. The lowest BCUT2D eigenvalue weighted by Gasteiger charge is -2.17. The molecule has 0 bridgehead atoms. The minimum atomic E-state index is -0.841. The smallest absolute Gasteiger partial charge is 0.313 e. The molecule has 0 radical (unpaired) electrons. The summed E-state index contributed by atoms with van der Waals surface area (Å²) in [6, 6.07) is 4.02. The Hall–Kier alpha value is -0.590. The third kappa shape index (κ3) is 4.63. The van der Waals surface area contributed by atoms with Crippen LogP contribution in [0.3, 0.4) is 0 Å². The van der Waals surface area contributed by atoms with Gasteiger partial charge in [-0.3, -0.25) is 4.79 Å². The van der Waals surface area contributed by atoms with Crippen LogP contribution in [-0.2, 0) is 11.3 Å². The van der Waals surface area contributed by atoms with E-state index in [1.54, 1.807) is 11.3 Å². The van der Waals surface area contributed by atoms with Crippen LogP contribution in [0, 0.1) is 0 Å². The van der Waals surface area contributed by atoms with Gasteiger partial charge in [0.15, 0.2) is 0 Å². The van der Waals surface area contributed by atoms with Crippen LogP contribution >= 0.6 is 35.3 Å². The van der Waals surface area contributed by atoms with Crippen molar-refractivity contribution in [2.45, 2.75) is 6.54 Å². The third-order valence-corrected chi connectivity index (χ3v) is 4.08. The highest BCUT2D eigenvalue weighted by Crippen LogP contribution is 2.14. The molecule has 0 aromatic carbocycles. The maximum absolute atomic E-state index is 10.3. The summed E-state index contributed by atoms with van der Waals surface area (Å²) in [6.45, 7) is 0.739. The van der Waals surface area contributed by atoms with Crippen LogP contribution in [0.1, 0.15) is 4.88 Å². The first kappa shape index (κ1) is 12.5. The molecule has 0 saturated heterocycles. The number of carbonyl (C=O) groups is 1. The van der Waals surface area contributed by atoms with Gasteiger partial charge in [-0.25, -0.2) is 0 Å². The van der Waals surface area contributed by atoms with E-state index in [9.17, 15) is 4.79 Å². The number of thiocarbonyl (C=S) groups is 1. The van der Waals surface area contributed by atoms with Crippen molar-refractivity contribution in [3.8, 4) is 0 Å². The Morgan fingerprint density at radius 3 is 3.00 bits per heavy atom. The summed E-state index contributed by atoms with van der Waals surface area (Å²) < 4.78 is 0.616. The molecule has 1 heterocycles. The fraction of sp³-hybridized carbons (Fsp3) is 0.333. The second-order valence-corrected chi connectivity index (χ2v) is 5.53. The summed E-state index contributed by atoms with van der Waals surface area (Å²) in [6.07, 6.45) is 0. The molecule has 1 N–H and O–H groups in total. The fourth-order valence-electron chi connectivity index (χ4n) is 0.935.